The van der Waals surface area contributed by atoms with E-state index in [0.717, 1.165) is 30.6 Å². The van der Waals surface area contributed by atoms with Gasteiger partial charge in [0.2, 0.25) is 0 Å². The lowest BCUT2D eigenvalue weighted by Crippen LogP contribution is -2.20. The molecule has 0 saturated heterocycles. The number of nitrogens with zero attached hydrogens (tertiary/aromatic N) is 2. The Hall–Kier alpha value is -1.25. The molecule has 1 saturated carbocycles. The first-order valence-electron chi connectivity index (χ1n) is 5.75. The summed E-state index contributed by atoms with van der Waals surface area (Å²) < 4.78 is 0. The van der Waals surface area contributed by atoms with Crippen LogP contribution in [0.2, 0.25) is 0 Å². The maximum absolute atomic E-state index is 4.59. The van der Waals surface area contributed by atoms with Crippen LogP contribution >= 0.6 is 0 Å². The fourth-order valence-electron chi connectivity index (χ4n) is 1.62. The van der Waals surface area contributed by atoms with Gasteiger partial charge in [-0.1, -0.05) is 13.0 Å². The van der Waals surface area contributed by atoms with E-state index in [1.165, 1.54) is 12.8 Å². The van der Waals surface area contributed by atoms with Gasteiger partial charge in [0, 0.05) is 19.6 Å². The molecule has 1 aromatic rings. The summed E-state index contributed by atoms with van der Waals surface area (Å²) in [6, 6.07) is 6.90. The highest BCUT2D eigenvalue weighted by atomic mass is 15.2. The molecule has 1 aromatic heterocycles. The third-order valence-electron chi connectivity index (χ3n) is 2.75. The summed E-state index contributed by atoms with van der Waals surface area (Å²) in [5.41, 5.74) is 0. The van der Waals surface area contributed by atoms with Crippen molar-refractivity contribution in [1.82, 2.24) is 4.98 Å². The summed E-state index contributed by atoms with van der Waals surface area (Å²) in [4.78, 5) is 6.86. The summed E-state index contributed by atoms with van der Waals surface area (Å²) in [6.07, 6.45) is 3.75. The Bertz CT molecular complexity index is 320. The van der Waals surface area contributed by atoms with E-state index in [1.807, 2.05) is 6.07 Å². The van der Waals surface area contributed by atoms with E-state index in [0.29, 0.717) is 0 Å². The Morgan fingerprint density at radius 3 is 2.93 bits per heavy atom. The summed E-state index contributed by atoms with van der Waals surface area (Å²) in [5, 5.41) is 3.31. The van der Waals surface area contributed by atoms with Gasteiger partial charge in [-0.15, -0.1) is 0 Å². The van der Waals surface area contributed by atoms with Crippen molar-refractivity contribution in [2.75, 3.05) is 23.8 Å². The van der Waals surface area contributed by atoms with Crippen LogP contribution in [0, 0.1) is 0 Å². The molecule has 0 spiro atoms. The van der Waals surface area contributed by atoms with E-state index in [9.17, 15) is 0 Å². The first kappa shape index (κ1) is 10.3. The third kappa shape index (κ3) is 2.61. The zero-order valence-electron chi connectivity index (χ0n) is 9.53. The van der Waals surface area contributed by atoms with Crippen LogP contribution in [0.1, 0.15) is 26.2 Å². The highest BCUT2D eigenvalue weighted by Gasteiger charge is 2.26. The van der Waals surface area contributed by atoms with Gasteiger partial charge in [0.1, 0.15) is 11.6 Å². The molecule has 1 heterocycles. The number of nitrogens with one attached hydrogen (secondary N) is 1. The largest absolute Gasteiger partial charge is 0.370 e. The average molecular weight is 205 g/mol. The number of aromatic nitrogens is 1. The molecular weight excluding hydrogens is 186 g/mol. The second kappa shape index (κ2) is 4.51. The van der Waals surface area contributed by atoms with Gasteiger partial charge in [-0.3, -0.25) is 0 Å². The van der Waals surface area contributed by atoms with E-state index in [2.05, 4.69) is 41.3 Å². The second-order valence-corrected chi connectivity index (χ2v) is 4.15. The molecule has 82 valence electrons. The topological polar surface area (TPSA) is 28.2 Å². The van der Waals surface area contributed by atoms with Crippen LogP contribution < -0.4 is 10.2 Å². The number of anilines is 2. The zero-order valence-corrected chi connectivity index (χ0v) is 9.53. The van der Waals surface area contributed by atoms with Crippen molar-refractivity contribution in [1.29, 1.82) is 0 Å². The Balaban J connectivity index is 2.04. The molecule has 0 radical (unpaired) electrons. The van der Waals surface area contributed by atoms with Crippen molar-refractivity contribution in [2.24, 2.45) is 0 Å². The fraction of sp³-hybridized carbons (Fsp3) is 0.583. The minimum atomic E-state index is 0.721. The number of hydrogen-bond donors (Lipinski definition) is 1. The molecule has 3 heteroatoms. The number of hydrogen-bond acceptors (Lipinski definition) is 3. The Morgan fingerprint density at radius 2 is 2.27 bits per heavy atom. The van der Waals surface area contributed by atoms with E-state index in [-0.39, 0.29) is 0 Å². The highest BCUT2D eigenvalue weighted by molar-refractivity contribution is 5.47. The maximum Gasteiger partial charge on any atom is 0.130 e. The van der Waals surface area contributed by atoms with Gasteiger partial charge in [0.05, 0.1) is 0 Å². The van der Waals surface area contributed by atoms with Crippen LogP contribution in [0.15, 0.2) is 18.2 Å². The molecule has 2 rings (SSSR count). The van der Waals surface area contributed by atoms with E-state index in [4.69, 9.17) is 0 Å². The normalized spacial score (nSPS) is 15.1. The van der Waals surface area contributed by atoms with Crippen LogP contribution in [0.3, 0.4) is 0 Å². The maximum atomic E-state index is 4.59. The lowest BCUT2D eigenvalue weighted by molar-refractivity contribution is 0.889. The van der Waals surface area contributed by atoms with Gasteiger partial charge in [0.25, 0.3) is 0 Å². The molecule has 0 amide bonds. The molecule has 15 heavy (non-hydrogen) atoms. The Kier molecular flexibility index (Phi) is 3.09. The lowest BCUT2D eigenvalue weighted by atomic mass is 10.4. The molecule has 0 atom stereocenters. The van der Waals surface area contributed by atoms with Gasteiger partial charge < -0.3 is 10.2 Å². The van der Waals surface area contributed by atoms with Crippen molar-refractivity contribution in [3.8, 4) is 0 Å². The number of pyridine rings is 1. The van der Waals surface area contributed by atoms with Crippen LogP contribution in [0.4, 0.5) is 11.6 Å². The third-order valence-corrected chi connectivity index (χ3v) is 2.75. The molecule has 1 N–H and O–H groups in total. The summed E-state index contributed by atoms with van der Waals surface area (Å²) in [5.74, 6) is 2.07. The van der Waals surface area contributed by atoms with Gasteiger partial charge in [-0.2, -0.15) is 0 Å². The summed E-state index contributed by atoms with van der Waals surface area (Å²) in [7, 11) is 2.13. The summed E-state index contributed by atoms with van der Waals surface area (Å²) >= 11 is 0. The van der Waals surface area contributed by atoms with Crippen LogP contribution in [0.5, 0.6) is 0 Å². The zero-order chi connectivity index (χ0) is 10.7. The smallest absolute Gasteiger partial charge is 0.130 e. The molecule has 1 fully saturated rings. The minimum absolute atomic E-state index is 0.721. The van der Waals surface area contributed by atoms with Crippen molar-refractivity contribution in [3.05, 3.63) is 18.2 Å². The van der Waals surface area contributed by atoms with E-state index in [1.54, 1.807) is 0 Å². The average Bonchev–Trinajstić information content (AvgIpc) is 3.09. The van der Waals surface area contributed by atoms with Crippen molar-refractivity contribution in [2.45, 2.75) is 32.2 Å². The molecule has 0 unspecified atom stereocenters. The van der Waals surface area contributed by atoms with Gasteiger partial charge in [0.15, 0.2) is 0 Å². The molecule has 0 aromatic carbocycles. The minimum Gasteiger partial charge on any atom is -0.370 e. The molecule has 1 aliphatic rings. The quantitative estimate of drug-likeness (QED) is 0.800. The lowest BCUT2D eigenvalue weighted by Gasteiger charge is -2.18. The van der Waals surface area contributed by atoms with Crippen molar-refractivity contribution < 1.29 is 0 Å². The van der Waals surface area contributed by atoms with Crippen LogP contribution in [-0.4, -0.2) is 24.6 Å². The van der Waals surface area contributed by atoms with Crippen molar-refractivity contribution in [3.63, 3.8) is 0 Å². The molecule has 3 nitrogen and oxygen atoms in total. The van der Waals surface area contributed by atoms with Crippen LogP contribution in [0.25, 0.3) is 0 Å². The predicted octanol–water partition coefficient (Wildman–Crippen LogP) is 2.50. The standard InChI is InChI=1S/C12H19N3/c1-3-9-13-11-5-4-6-12(14-11)15(2)10-7-8-10/h4-6,10H,3,7-9H2,1-2H3,(H,13,14). The fourth-order valence-corrected chi connectivity index (χ4v) is 1.62. The molecule has 0 bridgehead atoms. The highest BCUT2D eigenvalue weighted by Crippen LogP contribution is 2.29. The van der Waals surface area contributed by atoms with Gasteiger partial charge >= 0.3 is 0 Å². The monoisotopic (exact) mass is 205 g/mol. The SMILES string of the molecule is CCCNc1cccc(N(C)C2CC2)n1. The van der Waals surface area contributed by atoms with Gasteiger partial charge in [-0.05, 0) is 31.4 Å². The summed E-state index contributed by atoms with van der Waals surface area (Å²) in [6.45, 7) is 3.15. The molecule has 1 aliphatic carbocycles. The first-order valence-corrected chi connectivity index (χ1v) is 5.75. The van der Waals surface area contributed by atoms with Crippen molar-refractivity contribution >= 4 is 11.6 Å². The number of rotatable bonds is 5. The predicted molar refractivity (Wildman–Crippen MR) is 64.4 cm³/mol. The van der Waals surface area contributed by atoms with E-state index < -0.39 is 0 Å². The molecule has 0 aliphatic heterocycles. The first-order chi connectivity index (χ1) is 7.31. The Morgan fingerprint density at radius 1 is 1.47 bits per heavy atom. The van der Waals surface area contributed by atoms with Crippen LogP contribution in [-0.2, 0) is 0 Å². The molecular formula is C12H19N3. The Labute approximate surface area is 91.5 Å². The van der Waals surface area contributed by atoms with Gasteiger partial charge in [-0.25, -0.2) is 4.98 Å². The van der Waals surface area contributed by atoms with E-state index >= 15 is 0 Å². The second-order valence-electron chi connectivity index (χ2n) is 4.15.